The molecule has 1 unspecified atom stereocenters. The lowest BCUT2D eigenvalue weighted by Gasteiger charge is -2.03. The minimum atomic E-state index is -1.02. The summed E-state index contributed by atoms with van der Waals surface area (Å²) in [5.74, 6) is 0. The largest absolute Gasteiger partial charge is 0.310 e. The molecule has 0 amide bonds. The number of rotatable bonds is 2. The molecule has 114 valence electrons. The van der Waals surface area contributed by atoms with Crippen molar-refractivity contribution in [2.24, 2.45) is 0 Å². The van der Waals surface area contributed by atoms with Crippen molar-refractivity contribution >= 4 is 55.8 Å². The summed E-state index contributed by atoms with van der Waals surface area (Å²) >= 11 is 1.32. The Balaban J connectivity index is 2.02. The number of halogens is 1. The Morgan fingerprint density at radius 2 is 1.57 bits per heavy atom. The molecule has 3 aromatic carbocycles. The zero-order valence-electron chi connectivity index (χ0n) is 12.5. The Morgan fingerprint density at radius 3 is 2.35 bits per heavy atom. The average molecular weight is 432 g/mol. The van der Waals surface area contributed by atoms with Crippen LogP contribution in [0.1, 0.15) is 5.56 Å². The first kappa shape index (κ1) is 15.1. The van der Waals surface area contributed by atoms with Gasteiger partial charge in [-0.2, -0.15) is 4.55 Å². The molecule has 1 aromatic heterocycles. The van der Waals surface area contributed by atoms with Gasteiger partial charge in [-0.15, -0.1) is 3.97 Å². The van der Waals surface area contributed by atoms with Gasteiger partial charge in [0.1, 0.15) is 11.0 Å². The SMILES string of the molecule is Cc1ccc([S+](O)n2c3ccccc3c3cc(I)ccc32)cc1. The van der Waals surface area contributed by atoms with Gasteiger partial charge in [0.2, 0.25) is 4.90 Å². The number of nitrogens with zero attached hydrogens (tertiary/aromatic N) is 1. The van der Waals surface area contributed by atoms with Crippen LogP contribution in [-0.4, -0.2) is 8.53 Å². The molecule has 4 aromatic rings. The Morgan fingerprint density at radius 1 is 0.870 bits per heavy atom. The quantitative estimate of drug-likeness (QED) is 0.323. The van der Waals surface area contributed by atoms with E-state index in [9.17, 15) is 4.55 Å². The number of benzene rings is 3. The lowest BCUT2D eigenvalue weighted by Crippen LogP contribution is -2.12. The Kier molecular flexibility index (Phi) is 3.83. The number of para-hydroxylation sites is 1. The van der Waals surface area contributed by atoms with Crippen LogP contribution in [0.2, 0.25) is 0 Å². The zero-order valence-corrected chi connectivity index (χ0v) is 15.5. The maximum absolute atomic E-state index is 11.0. The molecule has 0 aliphatic heterocycles. The van der Waals surface area contributed by atoms with Crippen LogP contribution in [0.15, 0.2) is 71.6 Å². The summed E-state index contributed by atoms with van der Waals surface area (Å²) in [5, 5.41) is 2.37. The van der Waals surface area contributed by atoms with E-state index in [0.29, 0.717) is 0 Å². The lowest BCUT2D eigenvalue weighted by atomic mass is 10.2. The third kappa shape index (κ3) is 2.55. The van der Waals surface area contributed by atoms with Gasteiger partial charge in [0.25, 0.3) is 0 Å². The molecule has 0 spiro atoms. The highest BCUT2D eigenvalue weighted by molar-refractivity contribution is 14.1. The predicted molar refractivity (Wildman–Crippen MR) is 107 cm³/mol. The molecule has 0 aliphatic rings. The van der Waals surface area contributed by atoms with Crippen LogP contribution in [0.25, 0.3) is 21.8 Å². The monoisotopic (exact) mass is 432 g/mol. The Bertz CT molecular complexity index is 1010. The highest BCUT2D eigenvalue weighted by Crippen LogP contribution is 2.33. The van der Waals surface area contributed by atoms with Gasteiger partial charge in [0.05, 0.1) is 0 Å². The van der Waals surface area contributed by atoms with E-state index < -0.39 is 11.4 Å². The predicted octanol–water partition coefficient (Wildman–Crippen LogP) is 5.62. The number of aromatic nitrogens is 1. The summed E-state index contributed by atoms with van der Waals surface area (Å²) in [5.41, 5.74) is 3.33. The van der Waals surface area contributed by atoms with Crippen LogP contribution < -0.4 is 0 Å². The molecule has 1 N–H and O–H groups in total. The van der Waals surface area contributed by atoms with Gasteiger partial charge in [-0.3, -0.25) is 0 Å². The van der Waals surface area contributed by atoms with E-state index in [-0.39, 0.29) is 0 Å². The second-order valence-electron chi connectivity index (χ2n) is 5.55. The van der Waals surface area contributed by atoms with E-state index in [1.54, 1.807) is 0 Å². The number of aryl methyl sites for hydroxylation is 1. The fraction of sp³-hybridized carbons (Fsp3) is 0.0526. The van der Waals surface area contributed by atoms with Crippen LogP contribution >= 0.6 is 22.6 Å². The molecule has 23 heavy (non-hydrogen) atoms. The molecule has 1 atom stereocenters. The van der Waals surface area contributed by atoms with Crippen LogP contribution in [0.4, 0.5) is 0 Å². The number of fused-ring (bicyclic) bond motifs is 3. The van der Waals surface area contributed by atoms with Crippen molar-refractivity contribution in [2.45, 2.75) is 11.8 Å². The summed E-state index contributed by atoms with van der Waals surface area (Å²) in [6.45, 7) is 2.06. The average Bonchev–Trinajstić information content (AvgIpc) is 2.89. The molecule has 0 saturated carbocycles. The Hall–Kier alpha value is -1.50. The number of hydrogen-bond donors (Lipinski definition) is 1. The van der Waals surface area contributed by atoms with Gasteiger partial charge in [0, 0.05) is 14.3 Å². The van der Waals surface area contributed by atoms with Crippen molar-refractivity contribution in [1.82, 2.24) is 3.97 Å². The molecule has 4 heteroatoms. The van der Waals surface area contributed by atoms with E-state index in [0.717, 1.165) is 15.9 Å². The van der Waals surface area contributed by atoms with Crippen molar-refractivity contribution in [3.8, 4) is 0 Å². The summed E-state index contributed by atoms with van der Waals surface area (Å²) in [4.78, 5) is 0.928. The van der Waals surface area contributed by atoms with Crippen molar-refractivity contribution in [1.29, 1.82) is 0 Å². The van der Waals surface area contributed by atoms with Crippen LogP contribution in [0, 0.1) is 10.5 Å². The second kappa shape index (κ2) is 5.85. The van der Waals surface area contributed by atoms with Crippen LogP contribution in [-0.2, 0) is 11.4 Å². The first-order chi connectivity index (χ1) is 11.1. The molecule has 0 bridgehead atoms. The molecule has 1 heterocycles. The highest BCUT2D eigenvalue weighted by atomic mass is 127. The molecule has 4 rings (SSSR count). The van der Waals surface area contributed by atoms with Gasteiger partial charge >= 0.3 is 11.4 Å². The molecule has 0 saturated heterocycles. The normalized spacial score (nSPS) is 12.8. The fourth-order valence-electron chi connectivity index (χ4n) is 2.86. The third-order valence-electron chi connectivity index (χ3n) is 4.00. The van der Waals surface area contributed by atoms with E-state index in [1.807, 2.05) is 40.4 Å². The highest BCUT2D eigenvalue weighted by Gasteiger charge is 2.28. The van der Waals surface area contributed by atoms with Gasteiger partial charge in [-0.05, 0) is 65.9 Å². The minimum Gasteiger partial charge on any atom is -0.156 e. The van der Waals surface area contributed by atoms with Crippen molar-refractivity contribution < 1.29 is 4.55 Å². The maximum Gasteiger partial charge on any atom is 0.310 e. The van der Waals surface area contributed by atoms with Crippen molar-refractivity contribution in [3.63, 3.8) is 0 Å². The topological polar surface area (TPSA) is 25.2 Å². The minimum absolute atomic E-state index is 0.928. The maximum atomic E-state index is 11.0. The molecule has 2 nitrogen and oxygen atoms in total. The van der Waals surface area contributed by atoms with E-state index in [2.05, 4.69) is 59.8 Å². The number of hydrogen-bond acceptors (Lipinski definition) is 1. The zero-order chi connectivity index (χ0) is 16.0. The van der Waals surface area contributed by atoms with Gasteiger partial charge in [-0.25, -0.2) is 0 Å². The first-order valence-electron chi connectivity index (χ1n) is 7.34. The van der Waals surface area contributed by atoms with Gasteiger partial charge in [-0.1, -0.05) is 35.9 Å². The summed E-state index contributed by atoms with van der Waals surface area (Å²) in [7, 11) is 0. The molecule has 0 radical (unpaired) electrons. The Labute approximate surface area is 151 Å². The lowest BCUT2D eigenvalue weighted by molar-refractivity contribution is 0.632. The molecular weight excluding hydrogens is 417 g/mol. The van der Waals surface area contributed by atoms with Crippen LogP contribution in [0.5, 0.6) is 0 Å². The first-order valence-corrected chi connectivity index (χ1v) is 9.56. The van der Waals surface area contributed by atoms with Gasteiger partial charge < -0.3 is 0 Å². The summed E-state index contributed by atoms with van der Waals surface area (Å²) in [6.07, 6.45) is 0. The summed E-state index contributed by atoms with van der Waals surface area (Å²) < 4.78 is 14.3. The summed E-state index contributed by atoms with van der Waals surface area (Å²) in [6, 6.07) is 22.7. The third-order valence-corrected chi connectivity index (χ3v) is 6.10. The van der Waals surface area contributed by atoms with E-state index >= 15 is 0 Å². The smallest absolute Gasteiger partial charge is 0.156 e. The van der Waals surface area contributed by atoms with Gasteiger partial charge in [0.15, 0.2) is 0 Å². The van der Waals surface area contributed by atoms with Crippen LogP contribution in [0.3, 0.4) is 0 Å². The fourth-order valence-corrected chi connectivity index (χ4v) is 4.63. The molecular formula is C19H15INOS+. The second-order valence-corrected chi connectivity index (χ2v) is 8.16. The standard InChI is InChI=1S/C19H15INOS/c1-13-6-9-15(10-7-13)23(22)21-18-5-3-2-4-16(18)17-12-14(20)8-11-19(17)21/h2-12,22H,1H3/q+1. The van der Waals surface area contributed by atoms with Crippen molar-refractivity contribution in [2.75, 3.05) is 0 Å². The molecule has 0 aliphatic carbocycles. The van der Waals surface area contributed by atoms with E-state index in [1.165, 1.54) is 19.9 Å². The molecule has 0 fully saturated rings. The van der Waals surface area contributed by atoms with Crippen molar-refractivity contribution in [3.05, 3.63) is 75.9 Å². The van der Waals surface area contributed by atoms with E-state index in [4.69, 9.17) is 0 Å².